The third kappa shape index (κ3) is 3.23. The van der Waals surface area contributed by atoms with Gasteiger partial charge in [-0.15, -0.1) is 0 Å². The molecule has 3 N–H and O–H groups in total. The molecule has 98 valence electrons. The number of benzene rings is 1. The lowest BCUT2D eigenvalue weighted by Gasteiger charge is -2.17. The van der Waals surface area contributed by atoms with Crippen LogP contribution in [0.25, 0.3) is 0 Å². The van der Waals surface area contributed by atoms with E-state index in [9.17, 15) is 14.7 Å². The predicted molar refractivity (Wildman–Crippen MR) is 66.6 cm³/mol. The van der Waals surface area contributed by atoms with E-state index >= 15 is 0 Å². The molecule has 0 heterocycles. The number of rotatable bonds is 4. The number of aryl methyl sites for hydroxylation is 1. The van der Waals surface area contributed by atoms with Crippen molar-refractivity contribution in [2.24, 2.45) is 5.92 Å². The molecule has 5 nitrogen and oxygen atoms in total. The fourth-order valence-corrected chi connectivity index (χ4v) is 1.43. The minimum atomic E-state index is -0.954. The number of aromatic hydroxyl groups is 1. The molecule has 0 saturated heterocycles. The number of nitrogens with one attached hydrogen (secondary N) is 1. The van der Waals surface area contributed by atoms with E-state index < -0.39 is 17.9 Å². The highest BCUT2D eigenvalue weighted by atomic mass is 16.4. The summed E-state index contributed by atoms with van der Waals surface area (Å²) in [4.78, 5) is 22.6. The van der Waals surface area contributed by atoms with E-state index in [0.29, 0.717) is 11.1 Å². The summed E-state index contributed by atoms with van der Waals surface area (Å²) in [5, 5.41) is 20.8. The van der Waals surface area contributed by atoms with Crippen molar-refractivity contribution >= 4 is 11.9 Å². The minimum Gasteiger partial charge on any atom is -0.508 e. The van der Waals surface area contributed by atoms with E-state index in [1.165, 1.54) is 19.1 Å². The van der Waals surface area contributed by atoms with Gasteiger partial charge in [0.05, 0.1) is 5.92 Å². The van der Waals surface area contributed by atoms with Crippen molar-refractivity contribution in [3.05, 3.63) is 29.3 Å². The lowest BCUT2D eigenvalue weighted by Crippen LogP contribution is -2.40. The molecular weight excluding hydrogens is 234 g/mol. The van der Waals surface area contributed by atoms with Crippen LogP contribution in [0.4, 0.5) is 0 Å². The molecule has 0 bridgehead atoms. The van der Waals surface area contributed by atoms with Crippen molar-refractivity contribution in [2.75, 3.05) is 0 Å². The summed E-state index contributed by atoms with van der Waals surface area (Å²) in [6, 6.07) is 4.03. The fraction of sp³-hybridized carbons (Fsp3) is 0.385. The Morgan fingerprint density at radius 2 is 1.89 bits per heavy atom. The van der Waals surface area contributed by atoms with Crippen molar-refractivity contribution in [1.29, 1.82) is 0 Å². The van der Waals surface area contributed by atoms with E-state index in [4.69, 9.17) is 5.11 Å². The molecule has 1 aromatic rings. The number of carbonyl (C=O) groups is 2. The number of amides is 1. The molecule has 0 spiro atoms. The van der Waals surface area contributed by atoms with Gasteiger partial charge in [0.15, 0.2) is 0 Å². The van der Waals surface area contributed by atoms with Crippen LogP contribution in [0.3, 0.4) is 0 Å². The van der Waals surface area contributed by atoms with Gasteiger partial charge in [0.25, 0.3) is 5.91 Å². The van der Waals surface area contributed by atoms with Crippen LogP contribution in [-0.4, -0.2) is 28.1 Å². The molecule has 0 radical (unpaired) electrons. The first kappa shape index (κ1) is 14.0. The first-order valence-corrected chi connectivity index (χ1v) is 5.66. The Kier molecular flexibility index (Phi) is 4.31. The Hall–Kier alpha value is -2.04. The van der Waals surface area contributed by atoms with Gasteiger partial charge in [-0.25, -0.2) is 0 Å². The lowest BCUT2D eigenvalue weighted by molar-refractivity contribution is -0.141. The first-order valence-electron chi connectivity index (χ1n) is 5.66. The second-order valence-corrected chi connectivity index (χ2v) is 4.39. The van der Waals surface area contributed by atoms with Crippen LogP contribution in [0.5, 0.6) is 5.75 Å². The van der Waals surface area contributed by atoms with Crippen LogP contribution in [0.15, 0.2) is 18.2 Å². The number of hydrogen-bond donors (Lipinski definition) is 3. The van der Waals surface area contributed by atoms with Crippen molar-refractivity contribution < 1.29 is 19.8 Å². The van der Waals surface area contributed by atoms with Gasteiger partial charge in [-0.2, -0.15) is 0 Å². The summed E-state index contributed by atoms with van der Waals surface area (Å²) < 4.78 is 0. The molecule has 18 heavy (non-hydrogen) atoms. The molecule has 1 rings (SSSR count). The Balaban J connectivity index is 2.76. The summed E-state index contributed by atoms with van der Waals surface area (Å²) in [5.41, 5.74) is 0.997. The molecule has 2 atom stereocenters. The summed E-state index contributed by atoms with van der Waals surface area (Å²) in [7, 11) is 0. The molecule has 0 aliphatic heterocycles. The standard InChI is InChI=1S/C13H17NO4/c1-7-6-10(4-5-11(7)15)12(16)14-9(3)8(2)13(17)18/h4-6,8-9,15H,1-3H3,(H,14,16)(H,17,18). The third-order valence-electron chi connectivity index (χ3n) is 2.96. The molecule has 2 unspecified atom stereocenters. The van der Waals surface area contributed by atoms with Gasteiger partial charge < -0.3 is 15.5 Å². The number of aliphatic carboxylic acids is 1. The molecule has 1 aromatic carbocycles. The van der Waals surface area contributed by atoms with Crippen LogP contribution >= 0.6 is 0 Å². The van der Waals surface area contributed by atoms with Crippen LogP contribution in [0.1, 0.15) is 29.8 Å². The normalized spacial score (nSPS) is 13.7. The van der Waals surface area contributed by atoms with Crippen LogP contribution in [0, 0.1) is 12.8 Å². The zero-order valence-electron chi connectivity index (χ0n) is 10.6. The molecule has 0 saturated carbocycles. The van der Waals surface area contributed by atoms with E-state index in [0.717, 1.165) is 0 Å². The molecule has 5 heteroatoms. The quantitative estimate of drug-likeness (QED) is 0.757. The molecule has 0 aliphatic carbocycles. The van der Waals surface area contributed by atoms with Crippen LogP contribution in [-0.2, 0) is 4.79 Å². The molecule has 1 amide bonds. The minimum absolute atomic E-state index is 0.124. The Bertz CT molecular complexity index is 470. The van der Waals surface area contributed by atoms with Gasteiger partial charge in [-0.05, 0) is 44.5 Å². The SMILES string of the molecule is Cc1cc(C(=O)NC(C)C(C)C(=O)O)ccc1O. The maximum atomic E-state index is 11.9. The smallest absolute Gasteiger partial charge is 0.308 e. The summed E-state index contributed by atoms with van der Waals surface area (Å²) in [5.74, 6) is -1.84. The molecule has 0 fully saturated rings. The number of carboxylic acids is 1. The van der Waals surface area contributed by atoms with Crippen LogP contribution in [0.2, 0.25) is 0 Å². The highest BCUT2D eigenvalue weighted by molar-refractivity contribution is 5.95. The molecule has 0 aliphatic rings. The molecular formula is C13H17NO4. The largest absolute Gasteiger partial charge is 0.508 e. The zero-order chi connectivity index (χ0) is 13.9. The van der Waals surface area contributed by atoms with Crippen molar-refractivity contribution in [3.63, 3.8) is 0 Å². The maximum absolute atomic E-state index is 11.9. The van der Waals surface area contributed by atoms with Gasteiger partial charge in [-0.1, -0.05) is 0 Å². The van der Waals surface area contributed by atoms with Gasteiger partial charge in [-0.3, -0.25) is 9.59 Å². The van der Waals surface area contributed by atoms with Gasteiger partial charge in [0.2, 0.25) is 0 Å². The van der Waals surface area contributed by atoms with Gasteiger partial charge in [0, 0.05) is 11.6 Å². The van der Waals surface area contributed by atoms with Crippen LogP contribution < -0.4 is 5.32 Å². The van der Waals surface area contributed by atoms with Gasteiger partial charge >= 0.3 is 5.97 Å². The number of carboxylic acid groups (broad SMARTS) is 1. The summed E-state index contributed by atoms with van der Waals surface area (Å²) in [6.07, 6.45) is 0. The Morgan fingerprint density at radius 1 is 1.28 bits per heavy atom. The Labute approximate surface area is 105 Å². The summed E-state index contributed by atoms with van der Waals surface area (Å²) in [6.45, 7) is 4.87. The first-order chi connectivity index (χ1) is 8.32. The predicted octanol–water partition coefficient (Wildman–Crippen LogP) is 1.54. The number of hydrogen-bond acceptors (Lipinski definition) is 3. The molecule has 0 aromatic heterocycles. The fourth-order valence-electron chi connectivity index (χ4n) is 1.43. The second-order valence-electron chi connectivity index (χ2n) is 4.39. The van der Waals surface area contributed by atoms with E-state index in [-0.39, 0.29) is 11.7 Å². The highest BCUT2D eigenvalue weighted by Crippen LogP contribution is 2.17. The maximum Gasteiger partial charge on any atom is 0.308 e. The van der Waals surface area contributed by atoms with E-state index in [1.807, 2.05) is 0 Å². The average Bonchev–Trinajstić information content (AvgIpc) is 2.31. The summed E-state index contributed by atoms with van der Waals surface area (Å²) >= 11 is 0. The lowest BCUT2D eigenvalue weighted by atomic mass is 10.0. The zero-order valence-corrected chi connectivity index (χ0v) is 10.6. The Morgan fingerprint density at radius 3 is 2.39 bits per heavy atom. The van der Waals surface area contributed by atoms with E-state index in [2.05, 4.69) is 5.32 Å². The monoisotopic (exact) mass is 251 g/mol. The average molecular weight is 251 g/mol. The number of phenolic OH excluding ortho intramolecular Hbond substituents is 1. The van der Waals surface area contributed by atoms with E-state index in [1.54, 1.807) is 19.9 Å². The second kappa shape index (κ2) is 5.53. The van der Waals surface area contributed by atoms with Gasteiger partial charge in [0.1, 0.15) is 5.75 Å². The topological polar surface area (TPSA) is 86.6 Å². The van der Waals surface area contributed by atoms with Crippen molar-refractivity contribution in [2.45, 2.75) is 26.8 Å². The number of carbonyl (C=O) groups excluding carboxylic acids is 1. The highest BCUT2D eigenvalue weighted by Gasteiger charge is 2.21. The third-order valence-corrected chi connectivity index (χ3v) is 2.96. The van der Waals surface area contributed by atoms with Crippen molar-refractivity contribution in [1.82, 2.24) is 5.32 Å². The number of phenols is 1. The van der Waals surface area contributed by atoms with Crippen molar-refractivity contribution in [3.8, 4) is 5.75 Å².